The highest BCUT2D eigenvalue weighted by Crippen LogP contribution is 2.32. The Kier molecular flexibility index (Phi) is 4.84. The van der Waals surface area contributed by atoms with Gasteiger partial charge in [0.25, 0.3) is 0 Å². The zero-order chi connectivity index (χ0) is 23.8. The van der Waals surface area contributed by atoms with Crippen LogP contribution in [0.25, 0.3) is 60.6 Å². The second kappa shape index (κ2) is 8.30. The van der Waals surface area contributed by atoms with Crippen molar-refractivity contribution in [3.8, 4) is 28.2 Å². The van der Waals surface area contributed by atoms with E-state index in [-0.39, 0.29) is 0 Å². The van der Waals surface area contributed by atoms with Gasteiger partial charge in [-0.2, -0.15) is 0 Å². The molecule has 0 aliphatic carbocycles. The summed E-state index contributed by atoms with van der Waals surface area (Å²) in [7, 11) is 0. The topological polar surface area (TPSA) is 112 Å². The molecule has 0 aliphatic rings. The molecule has 166 valence electrons. The number of azide groups is 1. The molecule has 1 N–H and O–H groups in total. The van der Waals surface area contributed by atoms with Gasteiger partial charge in [-0.15, -0.1) is 0 Å². The van der Waals surface area contributed by atoms with Gasteiger partial charge in [-0.3, -0.25) is 14.3 Å². The van der Waals surface area contributed by atoms with Gasteiger partial charge in [0, 0.05) is 51.4 Å². The van der Waals surface area contributed by atoms with Crippen molar-refractivity contribution in [2.24, 2.45) is 5.11 Å². The molecule has 6 rings (SSSR count). The quantitative estimate of drug-likeness (QED) is 0.182. The number of rotatable bonds is 4. The molecule has 3 aromatic carbocycles. The van der Waals surface area contributed by atoms with E-state index in [0.717, 1.165) is 50.1 Å². The third-order valence-corrected chi connectivity index (χ3v) is 5.97. The van der Waals surface area contributed by atoms with Gasteiger partial charge in [-0.05, 0) is 58.0 Å². The molecular formula is C27H17N7O. The molecule has 0 saturated heterocycles. The Morgan fingerprint density at radius 3 is 2.60 bits per heavy atom. The number of benzene rings is 3. The van der Waals surface area contributed by atoms with E-state index in [1.165, 1.54) is 0 Å². The minimum Gasteiger partial charge on any atom is -0.361 e. The second-order valence-electron chi connectivity index (χ2n) is 8.04. The Labute approximate surface area is 199 Å². The molecule has 0 bridgehead atoms. The highest BCUT2D eigenvalue weighted by Gasteiger charge is 2.16. The average molecular weight is 455 g/mol. The Morgan fingerprint density at radius 1 is 0.943 bits per heavy atom. The molecule has 6 aromatic rings. The van der Waals surface area contributed by atoms with E-state index in [1.54, 1.807) is 18.3 Å². The van der Waals surface area contributed by atoms with E-state index in [2.05, 4.69) is 48.8 Å². The Balaban J connectivity index is 1.57. The predicted molar refractivity (Wildman–Crippen MR) is 135 cm³/mol. The van der Waals surface area contributed by atoms with E-state index < -0.39 is 5.91 Å². The minimum absolute atomic E-state index is 0.320. The fourth-order valence-electron chi connectivity index (χ4n) is 4.28. The monoisotopic (exact) mass is 455 g/mol. The molecule has 1 amide bonds. The first-order valence-electron chi connectivity index (χ1n) is 10.9. The lowest BCUT2D eigenvalue weighted by atomic mass is 10.1. The highest BCUT2D eigenvalue weighted by atomic mass is 16.1. The third-order valence-electron chi connectivity index (χ3n) is 5.97. The summed E-state index contributed by atoms with van der Waals surface area (Å²) >= 11 is 0. The number of nitrogens with one attached hydrogen (secondary N) is 1. The molecule has 0 radical (unpaired) electrons. The van der Waals surface area contributed by atoms with E-state index in [9.17, 15) is 4.79 Å². The van der Waals surface area contributed by atoms with Crippen molar-refractivity contribution < 1.29 is 4.79 Å². The van der Waals surface area contributed by atoms with Crippen LogP contribution in [0.1, 0.15) is 10.4 Å². The summed E-state index contributed by atoms with van der Waals surface area (Å²) in [4.78, 5) is 27.0. The molecule has 0 aliphatic heterocycles. The molecule has 0 unspecified atom stereocenters. The number of fused-ring (bicyclic) bond motifs is 2. The molecule has 8 heteroatoms. The number of nitrogens with zero attached hydrogens (tertiary/aromatic N) is 6. The van der Waals surface area contributed by atoms with Crippen molar-refractivity contribution in [3.63, 3.8) is 0 Å². The van der Waals surface area contributed by atoms with Gasteiger partial charge in [0.15, 0.2) is 0 Å². The van der Waals surface area contributed by atoms with Gasteiger partial charge < -0.3 is 4.98 Å². The number of aromatic nitrogens is 4. The molecule has 35 heavy (non-hydrogen) atoms. The number of H-pyrrole nitrogens is 1. The van der Waals surface area contributed by atoms with Crippen LogP contribution < -0.4 is 0 Å². The lowest BCUT2D eigenvalue weighted by Crippen LogP contribution is -1.99. The number of hydrogen-bond donors (Lipinski definition) is 1. The normalized spacial score (nSPS) is 11.0. The molecule has 0 atom stereocenters. The van der Waals surface area contributed by atoms with Crippen molar-refractivity contribution >= 4 is 27.8 Å². The van der Waals surface area contributed by atoms with Crippen molar-refractivity contribution in [1.29, 1.82) is 0 Å². The lowest BCUT2D eigenvalue weighted by Gasteiger charge is -2.11. The maximum absolute atomic E-state index is 11.9. The Hall–Kier alpha value is -5.20. The van der Waals surface area contributed by atoms with Crippen molar-refractivity contribution in [3.05, 3.63) is 113 Å². The molecule has 3 heterocycles. The number of aromatic amines is 1. The van der Waals surface area contributed by atoms with Gasteiger partial charge in [0.05, 0.1) is 11.0 Å². The zero-order valence-electron chi connectivity index (χ0n) is 18.3. The summed E-state index contributed by atoms with van der Waals surface area (Å²) in [6.07, 6.45) is 5.51. The summed E-state index contributed by atoms with van der Waals surface area (Å²) in [5.41, 5.74) is 15.5. The van der Waals surface area contributed by atoms with Crippen LogP contribution in [-0.2, 0) is 0 Å². The summed E-state index contributed by atoms with van der Waals surface area (Å²) in [6, 6.07) is 25.3. The molecule has 0 spiro atoms. The number of pyridine rings is 1. The number of imidazole rings is 1. The number of hydrogen-bond acceptors (Lipinski definition) is 3. The van der Waals surface area contributed by atoms with E-state index in [1.807, 2.05) is 54.9 Å². The maximum Gasteiger partial charge on any atom is 0.249 e. The summed E-state index contributed by atoms with van der Waals surface area (Å²) in [6.45, 7) is 0. The van der Waals surface area contributed by atoms with Gasteiger partial charge in [-0.25, -0.2) is 4.98 Å². The maximum atomic E-state index is 11.9. The van der Waals surface area contributed by atoms with Crippen LogP contribution >= 0.6 is 0 Å². The fraction of sp³-hybridized carbons (Fsp3) is 0. The second-order valence-corrected chi connectivity index (χ2v) is 8.04. The van der Waals surface area contributed by atoms with Crippen LogP contribution in [0.2, 0.25) is 0 Å². The summed E-state index contributed by atoms with van der Waals surface area (Å²) < 4.78 is 2.11. The molecule has 3 aromatic heterocycles. The van der Waals surface area contributed by atoms with Crippen LogP contribution in [0.4, 0.5) is 0 Å². The van der Waals surface area contributed by atoms with Crippen LogP contribution in [0.15, 0.2) is 103 Å². The zero-order valence-corrected chi connectivity index (χ0v) is 18.3. The Bertz CT molecular complexity index is 1760. The van der Waals surface area contributed by atoms with Crippen LogP contribution in [0.5, 0.6) is 0 Å². The average Bonchev–Trinajstić information content (AvgIpc) is 3.53. The van der Waals surface area contributed by atoms with Gasteiger partial charge in [0.1, 0.15) is 5.82 Å². The smallest absolute Gasteiger partial charge is 0.249 e. The first kappa shape index (κ1) is 20.4. The van der Waals surface area contributed by atoms with E-state index >= 15 is 0 Å². The molecule has 8 nitrogen and oxygen atoms in total. The molecular weight excluding hydrogens is 438 g/mol. The molecule has 0 fully saturated rings. The number of amides is 1. The number of carbonyl (C=O) groups is 1. The highest BCUT2D eigenvalue weighted by molar-refractivity contribution is 5.95. The van der Waals surface area contributed by atoms with Gasteiger partial charge >= 0.3 is 0 Å². The SMILES string of the molecule is [N-]=[N+]=NC(=O)c1ccc(-c2nc3ccc(-c4cccnc4)cc3n2-c2ccc3cc[nH]c3c2)cc1. The van der Waals surface area contributed by atoms with Crippen LogP contribution in [0, 0.1) is 0 Å². The summed E-state index contributed by atoms with van der Waals surface area (Å²) in [5, 5.41) is 4.29. The Morgan fingerprint density at radius 2 is 1.80 bits per heavy atom. The third kappa shape index (κ3) is 3.60. The number of carbonyl (C=O) groups excluding carboxylic acids is 1. The first-order valence-corrected chi connectivity index (χ1v) is 10.9. The standard InChI is InChI=1S/C27H17N7O/c28-33-32-27(35)19-5-3-18(4-6-19)26-31-23-10-8-20(21-2-1-12-29-16-21)14-25(23)34(26)22-9-7-17-11-13-30-24(17)15-22/h1-16,30H. The van der Waals surface area contributed by atoms with E-state index in [4.69, 9.17) is 10.5 Å². The fourth-order valence-corrected chi connectivity index (χ4v) is 4.28. The van der Waals surface area contributed by atoms with Crippen molar-refractivity contribution in [2.75, 3.05) is 0 Å². The van der Waals surface area contributed by atoms with Gasteiger partial charge in [-0.1, -0.05) is 42.5 Å². The van der Waals surface area contributed by atoms with Crippen LogP contribution in [0.3, 0.4) is 0 Å². The first-order chi connectivity index (χ1) is 17.2. The van der Waals surface area contributed by atoms with Crippen molar-refractivity contribution in [2.45, 2.75) is 0 Å². The minimum atomic E-state index is -0.620. The summed E-state index contributed by atoms with van der Waals surface area (Å²) in [5.74, 6) is 0.114. The molecule has 0 saturated carbocycles. The largest absolute Gasteiger partial charge is 0.361 e. The predicted octanol–water partition coefficient (Wildman–Crippen LogP) is 6.69. The van der Waals surface area contributed by atoms with Gasteiger partial charge in [0.2, 0.25) is 5.91 Å². The lowest BCUT2D eigenvalue weighted by molar-refractivity contribution is 0.100. The van der Waals surface area contributed by atoms with Crippen molar-refractivity contribution in [1.82, 2.24) is 19.5 Å². The van der Waals surface area contributed by atoms with E-state index in [0.29, 0.717) is 5.56 Å². The van der Waals surface area contributed by atoms with Crippen LogP contribution in [-0.4, -0.2) is 25.4 Å².